The number of hydrogen-bond acceptors (Lipinski definition) is 6. The van der Waals surface area contributed by atoms with E-state index in [2.05, 4.69) is 0 Å². The van der Waals surface area contributed by atoms with E-state index in [9.17, 15) is 15.0 Å². The molecule has 4 rings (SSSR count). The van der Waals surface area contributed by atoms with Crippen LogP contribution in [0.3, 0.4) is 0 Å². The molecule has 0 aliphatic carbocycles. The third-order valence-electron chi connectivity index (χ3n) is 5.57. The van der Waals surface area contributed by atoms with Gasteiger partial charge in [0.25, 0.3) is 0 Å². The second-order valence-electron chi connectivity index (χ2n) is 7.72. The SMILES string of the molecule is COc1cc(-c2ccc(C(=O)O)cc2)c(OC)c(O)c1-c1ccc(OCc2ccccc2)c(O)c1. The average Bonchev–Trinajstić information content (AvgIpc) is 2.88. The highest BCUT2D eigenvalue weighted by Gasteiger charge is 2.22. The minimum atomic E-state index is -1.03. The summed E-state index contributed by atoms with van der Waals surface area (Å²) in [5.41, 5.74) is 3.10. The van der Waals surface area contributed by atoms with E-state index in [1.54, 1.807) is 30.3 Å². The summed E-state index contributed by atoms with van der Waals surface area (Å²) in [7, 11) is 2.90. The summed E-state index contributed by atoms with van der Waals surface area (Å²) in [5, 5.41) is 30.9. The molecule has 0 fully saturated rings. The number of rotatable bonds is 8. The Morgan fingerprint density at radius 3 is 2.09 bits per heavy atom. The first-order valence-corrected chi connectivity index (χ1v) is 10.7. The number of carbonyl (C=O) groups is 1. The molecule has 178 valence electrons. The van der Waals surface area contributed by atoms with Crippen LogP contribution in [0.25, 0.3) is 22.3 Å². The minimum Gasteiger partial charge on any atom is -0.504 e. The molecule has 0 saturated heterocycles. The second kappa shape index (κ2) is 10.1. The van der Waals surface area contributed by atoms with Crippen LogP contribution in [-0.4, -0.2) is 35.5 Å². The van der Waals surface area contributed by atoms with Gasteiger partial charge in [0, 0.05) is 5.56 Å². The van der Waals surface area contributed by atoms with Gasteiger partial charge in [-0.3, -0.25) is 0 Å². The third-order valence-corrected chi connectivity index (χ3v) is 5.57. The van der Waals surface area contributed by atoms with Crippen molar-refractivity contribution in [3.63, 3.8) is 0 Å². The molecule has 0 spiro atoms. The van der Waals surface area contributed by atoms with Crippen molar-refractivity contribution in [1.29, 1.82) is 0 Å². The molecule has 0 bridgehead atoms. The Morgan fingerprint density at radius 1 is 0.800 bits per heavy atom. The van der Waals surface area contributed by atoms with Gasteiger partial charge in [0.1, 0.15) is 12.4 Å². The van der Waals surface area contributed by atoms with Crippen LogP contribution in [0.5, 0.6) is 28.7 Å². The molecule has 0 heterocycles. The molecule has 4 aromatic rings. The van der Waals surface area contributed by atoms with Crippen LogP contribution in [0, 0.1) is 0 Å². The van der Waals surface area contributed by atoms with Gasteiger partial charge in [-0.1, -0.05) is 48.5 Å². The van der Waals surface area contributed by atoms with E-state index in [-0.39, 0.29) is 22.8 Å². The van der Waals surface area contributed by atoms with Crippen LogP contribution in [-0.2, 0) is 6.61 Å². The Labute approximate surface area is 202 Å². The van der Waals surface area contributed by atoms with Crippen molar-refractivity contribution in [1.82, 2.24) is 0 Å². The second-order valence-corrected chi connectivity index (χ2v) is 7.72. The standard InChI is InChI=1S/C28H24O7/c1-33-24-15-21(18-8-10-19(11-9-18)28(31)32)27(34-2)26(30)25(24)20-12-13-23(22(29)14-20)35-16-17-6-4-3-5-7-17/h3-15,29-30H,16H2,1-2H3,(H,31,32). The number of hydrogen-bond donors (Lipinski definition) is 3. The zero-order valence-electron chi connectivity index (χ0n) is 19.2. The predicted molar refractivity (Wildman–Crippen MR) is 131 cm³/mol. The number of carboxylic acids is 1. The molecule has 0 unspecified atom stereocenters. The monoisotopic (exact) mass is 472 g/mol. The molecule has 0 atom stereocenters. The lowest BCUT2D eigenvalue weighted by Crippen LogP contribution is -1.98. The van der Waals surface area contributed by atoms with Crippen molar-refractivity contribution in [2.24, 2.45) is 0 Å². The summed E-state index contributed by atoms with van der Waals surface area (Å²) in [4.78, 5) is 11.2. The van der Waals surface area contributed by atoms with Crippen LogP contribution in [0.4, 0.5) is 0 Å². The van der Waals surface area contributed by atoms with E-state index >= 15 is 0 Å². The molecule has 0 aliphatic rings. The molecule has 0 radical (unpaired) electrons. The smallest absolute Gasteiger partial charge is 0.335 e. The molecule has 7 heteroatoms. The van der Waals surface area contributed by atoms with Gasteiger partial charge in [-0.05, 0) is 47.0 Å². The Hall–Kier alpha value is -4.65. The van der Waals surface area contributed by atoms with Gasteiger partial charge in [0.05, 0.1) is 25.3 Å². The van der Waals surface area contributed by atoms with Crippen LogP contribution in [0.1, 0.15) is 15.9 Å². The zero-order valence-corrected chi connectivity index (χ0v) is 19.2. The van der Waals surface area contributed by atoms with Gasteiger partial charge in [0.15, 0.2) is 23.0 Å². The van der Waals surface area contributed by atoms with Crippen molar-refractivity contribution in [3.05, 3.63) is 90.0 Å². The number of benzene rings is 4. The van der Waals surface area contributed by atoms with Crippen LogP contribution in [0.2, 0.25) is 0 Å². The van der Waals surface area contributed by atoms with Gasteiger partial charge >= 0.3 is 5.97 Å². The first-order chi connectivity index (χ1) is 16.9. The summed E-state index contributed by atoms with van der Waals surface area (Å²) in [6.45, 7) is 0.297. The topological polar surface area (TPSA) is 105 Å². The highest BCUT2D eigenvalue weighted by Crippen LogP contribution is 2.50. The van der Waals surface area contributed by atoms with Crippen molar-refractivity contribution in [3.8, 4) is 51.0 Å². The summed E-state index contributed by atoms with van der Waals surface area (Å²) in [5.74, 6) is -0.465. The van der Waals surface area contributed by atoms with Crippen LogP contribution in [0.15, 0.2) is 78.9 Å². The minimum absolute atomic E-state index is 0.0906. The van der Waals surface area contributed by atoms with Gasteiger partial charge in [0.2, 0.25) is 0 Å². The van der Waals surface area contributed by atoms with Gasteiger partial charge < -0.3 is 29.5 Å². The lowest BCUT2D eigenvalue weighted by atomic mass is 9.95. The fourth-order valence-electron chi connectivity index (χ4n) is 3.81. The van der Waals surface area contributed by atoms with Gasteiger partial charge in [-0.2, -0.15) is 0 Å². The molecule has 35 heavy (non-hydrogen) atoms. The molecule has 0 aliphatic heterocycles. The number of aromatic carboxylic acids is 1. The van der Waals surface area contributed by atoms with Crippen molar-refractivity contribution < 1.29 is 34.3 Å². The van der Waals surface area contributed by atoms with E-state index in [4.69, 9.17) is 19.3 Å². The number of carboxylic acid groups (broad SMARTS) is 1. The maximum atomic E-state index is 11.2. The Balaban J connectivity index is 1.71. The maximum absolute atomic E-state index is 11.2. The number of phenolic OH excluding ortho intramolecular Hbond substituents is 2. The predicted octanol–water partition coefficient (Wildman–Crippen LogP) is 5.73. The summed E-state index contributed by atoms with van der Waals surface area (Å²) < 4.78 is 16.8. The highest BCUT2D eigenvalue weighted by molar-refractivity contribution is 5.90. The van der Waals surface area contributed by atoms with E-state index in [1.165, 1.54) is 32.4 Å². The van der Waals surface area contributed by atoms with Crippen molar-refractivity contribution in [2.45, 2.75) is 6.61 Å². The van der Waals surface area contributed by atoms with Crippen LogP contribution >= 0.6 is 0 Å². The highest BCUT2D eigenvalue weighted by atomic mass is 16.5. The molecular formula is C28H24O7. The summed E-state index contributed by atoms with van der Waals surface area (Å²) in [6.07, 6.45) is 0. The van der Waals surface area contributed by atoms with E-state index in [1.807, 2.05) is 30.3 Å². The average molecular weight is 472 g/mol. The number of aromatic hydroxyl groups is 2. The third kappa shape index (κ3) is 4.84. The lowest BCUT2D eigenvalue weighted by molar-refractivity contribution is 0.0697. The van der Waals surface area contributed by atoms with Crippen LogP contribution < -0.4 is 14.2 Å². The van der Waals surface area contributed by atoms with Gasteiger partial charge in [-0.25, -0.2) is 4.79 Å². The molecule has 4 aromatic carbocycles. The van der Waals surface area contributed by atoms with E-state index in [0.29, 0.717) is 40.4 Å². The lowest BCUT2D eigenvalue weighted by Gasteiger charge is -2.18. The molecule has 3 N–H and O–H groups in total. The molecule has 0 amide bonds. The Morgan fingerprint density at radius 2 is 1.49 bits per heavy atom. The Kier molecular flexibility index (Phi) is 6.78. The number of phenols is 2. The Bertz CT molecular complexity index is 1350. The van der Waals surface area contributed by atoms with Gasteiger partial charge in [-0.15, -0.1) is 0 Å². The van der Waals surface area contributed by atoms with E-state index in [0.717, 1.165) is 5.56 Å². The van der Waals surface area contributed by atoms with Crippen molar-refractivity contribution in [2.75, 3.05) is 14.2 Å². The summed E-state index contributed by atoms with van der Waals surface area (Å²) in [6, 6.07) is 22.3. The first kappa shape index (κ1) is 23.5. The normalized spacial score (nSPS) is 10.6. The molecule has 0 aromatic heterocycles. The molecule has 7 nitrogen and oxygen atoms in total. The fraction of sp³-hybridized carbons (Fsp3) is 0.107. The number of methoxy groups -OCH3 is 2. The first-order valence-electron chi connectivity index (χ1n) is 10.7. The fourth-order valence-corrected chi connectivity index (χ4v) is 3.81. The molecular weight excluding hydrogens is 448 g/mol. The molecule has 0 saturated carbocycles. The quantitative estimate of drug-likeness (QED) is 0.301. The largest absolute Gasteiger partial charge is 0.504 e. The van der Waals surface area contributed by atoms with Crippen molar-refractivity contribution >= 4 is 5.97 Å². The maximum Gasteiger partial charge on any atom is 0.335 e. The zero-order chi connectivity index (χ0) is 24.9. The number of ether oxygens (including phenoxy) is 3. The van der Waals surface area contributed by atoms with E-state index < -0.39 is 5.97 Å². The summed E-state index contributed by atoms with van der Waals surface area (Å²) >= 11 is 0.